The van der Waals surface area contributed by atoms with Gasteiger partial charge in [0.2, 0.25) is 41.4 Å². The number of aliphatic hydroxyl groups excluding tert-OH is 2. The van der Waals surface area contributed by atoms with E-state index in [1.165, 1.54) is 24.3 Å². The number of aliphatic carboxylic acids is 1. The summed E-state index contributed by atoms with van der Waals surface area (Å²) in [6.45, 7) is 1.50. The SMILES string of the molecule is CC(C)[C@H](NC(=O)[C@@H](N)CO)C(=O)N[C@@H](CC(N)=O)C(=O)N[C@@H](Cc1ccccc1)C(=O)N[C@@H](Cc1ccc(O)cc1)C(=O)N[C@@H](Cc1c[nH]c2ccccc12)C(=O)N[C@@H](CO)C(=O)O. The molecule has 0 fully saturated rings. The maximum absolute atomic E-state index is 14.4. The highest BCUT2D eigenvalue weighted by Crippen LogP contribution is 2.20. The molecular formula is C44H55N9O12. The first-order chi connectivity index (χ1) is 30.9. The van der Waals surface area contributed by atoms with Crippen LogP contribution in [0.2, 0.25) is 0 Å². The minimum atomic E-state index is -1.72. The summed E-state index contributed by atoms with van der Waals surface area (Å²) in [5.74, 6) is -8.83. The van der Waals surface area contributed by atoms with Crippen LogP contribution in [0.3, 0.4) is 0 Å². The zero-order chi connectivity index (χ0) is 47.8. The van der Waals surface area contributed by atoms with Crippen LogP contribution in [0.1, 0.15) is 37.0 Å². The Morgan fingerprint density at radius 3 is 1.60 bits per heavy atom. The van der Waals surface area contributed by atoms with Crippen LogP contribution in [0.25, 0.3) is 10.9 Å². The predicted octanol–water partition coefficient (Wildman–Crippen LogP) is -2.26. The van der Waals surface area contributed by atoms with Crippen molar-refractivity contribution in [3.05, 3.63) is 102 Å². The molecule has 0 unspecified atom stereocenters. The van der Waals surface area contributed by atoms with Gasteiger partial charge in [-0.15, -0.1) is 0 Å². The van der Waals surface area contributed by atoms with E-state index in [0.717, 1.165) is 0 Å². The number of carboxylic acid groups (broad SMARTS) is 1. The maximum atomic E-state index is 14.4. The number of phenols is 1. The van der Waals surface area contributed by atoms with Crippen LogP contribution in [-0.2, 0) is 57.6 Å². The lowest BCUT2D eigenvalue weighted by molar-refractivity contribution is -0.143. The van der Waals surface area contributed by atoms with Crippen LogP contribution in [0, 0.1) is 5.92 Å². The summed E-state index contributed by atoms with van der Waals surface area (Å²) in [7, 11) is 0. The second-order valence-electron chi connectivity index (χ2n) is 15.6. The van der Waals surface area contributed by atoms with Crippen molar-refractivity contribution < 1.29 is 58.8 Å². The number of para-hydroxylation sites is 1. The lowest BCUT2D eigenvalue weighted by Crippen LogP contribution is -2.61. The first kappa shape index (κ1) is 50.3. The summed E-state index contributed by atoms with van der Waals surface area (Å²) >= 11 is 0. The Morgan fingerprint density at radius 2 is 1.08 bits per heavy atom. The summed E-state index contributed by atoms with van der Waals surface area (Å²) in [6, 6.07) is 10.7. The highest BCUT2D eigenvalue weighted by Gasteiger charge is 2.35. The summed E-state index contributed by atoms with van der Waals surface area (Å²) in [4.78, 5) is 110. The molecule has 4 aromatic rings. The van der Waals surface area contributed by atoms with Gasteiger partial charge in [-0.25, -0.2) is 4.79 Å². The molecule has 0 aliphatic rings. The van der Waals surface area contributed by atoms with Crippen molar-refractivity contribution in [2.24, 2.45) is 17.4 Å². The van der Waals surface area contributed by atoms with E-state index in [1.54, 1.807) is 74.6 Å². The number of aromatic amines is 1. The van der Waals surface area contributed by atoms with Crippen LogP contribution in [0.15, 0.2) is 85.1 Å². The molecule has 0 aliphatic heterocycles. The molecule has 7 amide bonds. The first-order valence-electron chi connectivity index (χ1n) is 20.6. The van der Waals surface area contributed by atoms with Crippen LogP contribution in [-0.4, -0.2) is 128 Å². The van der Waals surface area contributed by atoms with Gasteiger partial charge >= 0.3 is 5.97 Å². The third-order valence-electron chi connectivity index (χ3n) is 10.3. The van der Waals surface area contributed by atoms with Gasteiger partial charge in [-0.3, -0.25) is 33.6 Å². The van der Waals surface area contributed by atoms with Crippen molar-refractivity contribution in [3.63, 3.8) is 0 Å². The normalized spacial score (nSPS) is 14.4. The fourth-order valence-electron chi connectivity index (χ4n) is 6.69. The molecule has 21 nitrogen and oxygen atoms in total. The Kier molecular flexibility index (Phi) is 18.5. The van der Waals surface area contributed by atoms with Crippen molar-refractivity contribution in [1.29, 1.82) is 0 Å². The maximum Gasteiger partial charge on any atom is 0.328 e. The molecule has 0 aliphatic carbocycles. The van der Waals surface area contributed by atoms with Crippen LogP contribution in [0.5, 0.6) is 5.75 Å². The van der Waals surface area contributed by atoms with Crippen molar-refractivity contribution in [2.45, 2.75) is 81.8 Å². The predicted molar refractivity (Wildman–Crippen MR) is 234 cm³/mol. The van der Waals surface area contributed by atoms with E-state index in [2.05, 4.69) is 36.9 Å². The average Bonchev–Trinajstić information content (AvgIpc) is 3.68. The molecule has 7 atom stereocenters. The summed E-state index contributed by atoms with van der Waals surface area (Å²) in [6.07, 6.45) is 0.286. The number of primary amides is 1. The number of nitrogens with two attached hydrogens (primary N) is 2. The zero-order valence-corrected chi connectivity index (χ0v) is 35.7. The van der Waals surface area contributed by atoms with Gasteiger partial charge in [0.05, 0.1) is 19.6 Å². The number of carbonyl (C=O) groups excluding carboxylic acids is 7. The van der Waals surface area contributed by atoms with Crippen LogP contribution in [0.4, 0.5) is 0 Å². The van der Waals surface area contributed by atoms with E-state index < -0.39 is 115 Å². The van der Waals surface area contributed by atoms with E-state index in [1.807, 2.05) is 0 Å². The summed E-state index contributed by atoms with van der Waals surface area (Å²) in [5.41, 5.74) is 13.3. The Morgan fingerprint density at radius 1 is 0.585 bits per heavy atom. The van der Waals surface area contributed by atoms with E-state index in [4.69, 9.17) is 11.5 Å². The van der Waals surface area contributed by atoms with Crippen molar-refractivity contribution in [1.82, 2.24) is 36.9 Å². The molecule has 0 radical (unpaired) electrons. The van der Waals surface area contributed by atoms with E-state index in [9.17, 15) is 58.8 Å². The highest BCUT2D eigenvalue weighted by atomic mass is 16.4. The fraction of sp³-hybridized carbons (Fsp3) is 0.364. The molecule has 348 valence electrons. The number of fused-ring (bicyclic) bond motifs is 1. The number of aromatic nitrogens is 1. The molecule has 0 saturated heterocycles. The number of aromatic hydroxyl groups is 1. The second kappa shape index (κ2) is 23.9. The summed E-state index contributed by atoms with van der Waals surface area (Å²) in [5, 5.41) is 54.0. The molecule has 1 aromatic heterocycles. The van der Waals surface area contributed by atoms with Gasteiger partial charge in [-0.2, -0.15) is 0 Å². The van der Waals surface area contributed by atoms with E-state index in [-0.39, 0.29) is 25.0 Å². The first-order valence-corrected chi connectivity index (χ1v) is 20.6. The molecule has 21 heteroatoms. The minimum absolute atomic E-state index is 0.0924. The van der Waals surface area contributed by atoms with Gasteiger partial charge in [0.15, 0.2) is 0 Å². The number of hydrogen-bond acceptors (Lipinski definition) is 12. The standard InChI is InChI=1S/C44H55N9O12/c1-23(2)37(53-38(58)29(45)21-54)43(63)51-34(19-36(46)57)42(62)49-31(16-24-8-4-3-5-9-24)39(59)48-32(17-25-12-14-27(56)15-13-25)40(60)50-33(41(61)52-35(22-55)44(64)65)18-26-20-47-30-11-7-6-10-28(26)30/h3-15,20,23,29,31-35,37,47,54-56H,16-19,21-22,45H2,1-2H3,(H2,46,57)(H,48,59)(H,49,62)(H,50,60)(H,51,63)(H,52,61)(H,53,58)(H,64,65)/t29-,31-,32-,33-,34-,35-,37-/m0/s1. The van der Waals surface area contributed by atoms with E-state index in [0.29, 0.717) is 27.6 Å². The molecule has 15 N–H and O–H groups in total. The molecular weight excluding hydrogens is 847 g/mol. The Labute approximate surface area is 373 Å². The third-order valence-corrected chi connectivity index (χ3v) is 10.3. The average molecular weight is 902 g/mol. The van der Waals surface area contributed by atoms with Gasteiger partial charge in [0.25, 0.3) is 0 Å². The minimum Gasteiger partial charge on any atom is -0.508 e. The number of nitrogens with one attached hydrogen (secondary N) is 7. The van der Waals surface area contributed by atoms with Crippen molar-refractivity contribution in [3.8, 4) is 5.75 Å². The molecule has 0 bridgehead atoms. The largest absolute Gasteiger partial charge is 0.508 e. The number of phenolic OH excluding ortho intramolecular Hbond substituents is 1. The van der Waals surface area contributed by atoms with Gasteiger partial charge in [0.1, 0.15) is 48.0 Å². The Bertz CT molecular complexity index is 2300. The van der Waals surface area contributed by atoms with Gasteiger partial charge < -0.3 is 68.8 Å². The smallest absolute Gasteiger partial charge is 0.328 e. The van der Waals surface area contributed by atoms with Gasteiger partial charge in [-0.05, 0) is 40.8 Å². The second-order valence-corrected chi connectivity index (χ2v) is 15.6. The number of aliphatic hydroxyl groups is 2. The van der Waals surface area contributed by atoms with Crippen LogP contribution < -0.4 is 43.4 Å². The van der Waals surface area contributed by atoms with Crippen molar-refractivity contribution in [2.75, 3.05) is 13.2 Å². The lowest BCUT2D eigenvalue weighted by atomic mass is 10.00. The van der Waals surface area contributed by atoms with Gasteiger partial charge in [0, 0.05) is 36.4 Å². The molecule has 0 saturated carbocycles. The molecule has 4 rings (SSSR count). The summed E-state index contributed by atoms with van der Waals surface area (Å²) < 4.78 is 0. The fourth-order valence-corrected chi connectivity index (χ4v) is 6.69. The number of hydrogen-bond donors (Lipinski definition) is 13. The highest BCUT2D eigenvalue weighted by molar-refractivity contribution is 5.98. The molecule has 1 heterocycles. The molecule has 3 aromatic carbocycles. The number of H-pyrrole nitrogens is 1. The van der Waals surface area contributed by atoms with Crippen molar-refractivity contribution >= 4 is 58.2 Å². The third kappa shape index (κ3) is 14.9. The zero-order valence-electron chi connectivity index (χ0n) is 35.7. The number of amides is 7. The van der Waals surface area contributed by atoms with Crippen LogP contribution >= 0.6 is 0 Å². The molecule has 0 spiro atoms. The quantitative estimate of drug-likeness (QED) is 0.0354. The Hall–Kier alpha value is -7.36. The number of carbonyl (C=O) groups is 8. The Balaban J connectivity index is 1.68. The lowest BCUT2D eigenvalue weighted by Gasteiger charge is -2.28. The number of rotatable bonds is 24. The number of carboxylic acids is 1. The topological polar surface area (TPSA) is 357 Å². The van der Waals surface area contributed by atoms with E-state index >= 15 is 0 Å². The van der Waals surface area contributed by atoms with Gasteiger partial charge in [-0.1, -0.05) is 74.5 Å². The monoisotopic (exact) mass is 901 g/mol. The number of benzene rings is 3. The molecule has 65 heavy (non-hydrogen) atoms.